The van der Waals surface area contributed by atoms with Gasteiger partial charge in [-0.3, -0.25) is 9.36 Å². The Bertz CT molecular complexity index is 1640. The van der Waals surface area contributed by atoms with E-state index in [1.165, 1.54) is 12.1 Å². The van der Waals surface area contributed by atoms with Crippen LogP contribution < -0.4 is 10.9 Å². The molecule has 0 fully saturated rings. The molecule has 0 atom stereocenters. The van der Waals surface area contributed by atoms with Crippen LogP contribution in [-0.4, -0.2) is 44.0 Å². The second-order valence-electron chi connectivity index (χ2n) is 8.39. The Balaban J connectivity index is 1.79. The van der Waals surface area contributed by atoms with Crippen LogP contribution in [0.1, 0.15) is 0 Å². The predicted molar refractivity (Wildman–Crippen MR) is 138 cm³/mol. The third-order valence-corrected chi connectivity index (χ3v) is 5.92. The van der Waals surface area contributed by atoms with E-state index < -0.39 is 36.4 Å². The Morgan fingerprint density at radius 2 is 1.54 bits per heavy atom. The minimum atomic E-state index is -0.932. The minimum Gasteiger partial charge on any atom is -0.394 e. The van der Waals surface area contributed by atoms with Gasteiger partial charge in [-0.15, -0.1) is 0 Å². The van der Waals surface area contributed by atoms with Crippen LogP contribution in [0.15, 0.2) is 89.7 Å². The smallest absolute Gasteiger partial charge is 0.256 e. The molecule has 3 N–H and O–H groups in total. The van der Waals surface area contributed by atoms with Crippen molar-refractivity contribution in [1.29, 1.82) is 0 Å². The highest BCUT2D eigenvalue weighted by atomic mass is 19.1. The zero-order chi connectivity index (χ0) is 25.9. The van der Waals surface area contributed by atoms with Gasteiger partial charge in [0.2, 0.25) is 5.95 Å². The lowest BCUT2D eigenvalue weighted by atomic mass is 10.0. The topological polar surface area (TPSA) is 100 Å². The molecule has 0 bridgehead atoms. The fourth-order valence-corrected chi connectivity index (χ4v) is 4.10. The monoisotopic (exact) mass is 500 g/mol. The van der Waals surface area contributed by atoms with Crippen molar-refractivity contribution in [1.82, 2.24) is 14.5 Å². The number of rotatable bonds is 7. The zero-order valence-electron chi connectivity index (χ0n) is 19.5. The van der Waals surface area contributed by atoms with E-state index in [0.29, 0.717) is 22.7 Å². The molecule has 0 saturated heterocycles. The van der Waals surface area contributed by atoms with Gasteiger partial charge in [0, 0.05) is 23.1 Å². The van der Waals surface area contributed by atoms with Crippen LogP contribution in [0.25, 0.3) is 39.1 Å². The first-order valence-electron chi connectivity index (χ1n) is 11.5. The Morgan fingerprint density at radius 3 is 2.27 bits per heavy atom. The molecule has 2 heterocycles. The summed E-state index contributed by atoms with van der Waals surface area (Å²) in [5.41, 5.74) is 2.39. The molecule has 0 saturated carbocycles. The van der Waals surface area contributed by atoms with Crippen molar-refractivity contribution in [2.45, 2.75) is 6.04 Å². The number of aliphatic hydroxyl groups is 2. The van der Waals surface area contributed by atoms with E-state index >= 15 is 0 Å². The average Bonchev–Trinajstić information content (AvgIpc) is 2.92. The largest absolute Gasteiger partial charge is 0.394 e. The maximum absolute atomic E-state index is 14.8. The number of pyridine rings is 1. The molecule has 0 aliphatic carbocycles. The Hall–Kier alpha value is -4.47. The molecule has 2 aromatic heterocycles. The first-order valence-corrected chi connectivity index (χ1v) is 11.5. The van der Waals surface area contributed by atoms with Crippen LogP contribution in [0, 0.1) is 11.6 Å². The number of nitrogens with zero attached hydrogens (tertiary/aromatic N) is 3. The van der Waals surface area contributed by atoms with Crippen LogP contribution in [0.3, 0.4) is 0 Å². The van der Waals surface area contributed by atoms with Crippen LogP contribution in [-0.2, 0) is 0 Å². The van der Waals surface area contributed by atoms with E-state index in [-0.39, 0.29) is 17.3 Å². The first kappa shape index (κ1) is 24.2. The molecule has 186 valence electrons. The lowest BCUT2D eigenvalue weighted by molar-refractivity contribution is 0.203. The van der Waals surface area contributed by atoms with Crippen LogP contribution in [0.2, 0.25) is 0 Å². The van der Waals surface area contributed by atoms with E-state index in [4.69, 9.17) is 0 Å². The van der Waals surface area contributed by atoms with Gasteiger partial charge in [-0.1, -0.05) is 48.5 Å². The highest BCUT2D eigenvalue weighted by Gasteiger charge is 2.19. The van der Waals surface area contributed by atoms with Crippen molar-refractivity contribution >= 4 is 17.0 Å². The molecule has 0 unspecified atom stereocenters. The first-order chi connectivity index (χ1) is 18.0. The summed E-state index contributed by atoms with van der Waals surface area (Å²) in [4.78, 5) is 22.0. The summed E-state index contributed by atoms with van der Waals surface area (Å²) in [6.45, 7) is -0.796. The molecule has 37 heavy (non-hydrogen) atoms. The second kappa shape index (κ2) is 10.3. The number of hydrogen-bond donors (Lipinski definition) is 3. The Labute approximate surface area is 210 Å². The van der Waals surface area contributed by atoms with Crippen molar-refractivity contribution in [3.05, 3.63) is 107 Å². The third kappa shape index (κ3) is 4.82. The van der Waals surface area contributed by atoms with E-state index in [2.05, 4.69) is 15.3 Å². The minimum absolute atomic E-state index is 0.0163. The van der Waals surface area contributed by atoms with Crippen LogP contribution in [0.4, 0.5) is 14.7 Å². The van der Waals surface area contributed by atoms with Gasteiger partial charge in [-0.25, -0.2) is 13.8 Å². The van der Waals surface area contributed by atoms with Gasteiger partial charge < -0.3 is 15.5 Å². The predicted octanol–water partition coefficient (Wildman–Crippen LogP) is 4.16. The summed E-state index contributed by atoms with van der Waals surface area (Å²) < 4.78 is 29.5. The van der Waals surface area contributed by atoms with Gasteiger partial charge in [0.05, 0.1) is 30.6 Å². The Morgan fingerprint density at radius 1 is 0.811 bits per heavy atom. The highest BCUT2D eigenvalue weighted by molar-refractivity contribution is 5.93. The fraction of sp³-hybridized carbons (Fsp3) is 0.107. The fourth-order valence-electron chi connectivity index (χ4n) is 4.10. The summed E-state index contributed by atoms with van der Waals surface area (Å²) in [5.74, 6) is -1.69. The van der Waals surface area contributed by atoms with Gasteiger partial charge in [0.15, 0.2) is 5.65 Å². The molecule has 9 heteroatoms. The summed E-state index contributed by atoms with van der Waals surface area (Å²) in [6, 6.07) is 22.3. The molecule has 0 aliphatic rings. The van der Waals surface area contributed by atoms with E-state index in [1.807, 2.05) is 54.6 Å². The van der Waals surface area contributed by atoms with Crippen LogP contribution in [0.5, 0.6) is 0 Å². The van der Waals surface area contributed by atoms with E-state index in [9.17, 15) is 23.8 Å². The summed E-state index contributed by atoms with van der Waals surface area (Å²) in [5, 5.41) is 22.4. The summed E-state index contributed by atoms with van der Waals surface area (Å²) >= 11 is 0. The number of hydrogen-bond acceptors (Lipinski definition) is 6. The molecule has 3 aromatic carbocycles. The van der Waals surface area contributed by atoms with E-state index in [1.54, 1.807) is 6.07 Å². The van der Waals surface area contributed by atoms with Gasteiger partial charge >= 0.3 is 0 Å². The lowest BCUT2D eigenvalue weighted by Gasteiger charge is -2.17. The van der Waals surface area contributed by atoms with Gasteiger partial charge in [0.1, 0.15) is 11.6 Å². The van der Waals surface area contributed by atoms with Gasteiger partial charge in [0.25, 0.3) is 5.56 Å². The number of anilines is 1. The maximum Gasteiger partial charge on any atom is 0.256 e. The Kier molecular flexibility index (Phi) is 6.72. The highest BCUT2D eigenvalue weighted by Crippen LogP contribution is 2.31. The summed E-state index contributed by atoms with van der Waals surface area (Å²) in [7, 11) is 0. The molecule has 7 nitrogen and oxygen atoms in total. The lowest BCUT2D eigenvalue weighted by Crippen LogP contribution is -2.29. The molecule has 0 spiro atoms. The molecule has 5 rings (SSSR count). The van der Waals surface area contributed by atoms with Crippen molar-refractivity contribution < 1.29 is 19.0 Å². The standard InChI is InChI=1S/C28H22F2N4O3/c29-20-9-11-24(23(30)14-20)34-25(37)12-10-22-26(32-28(33-27(22)34)31-21(15-35)16-36)19-8-4-7-18(13-19)17-5-2-1-3-6-17/h1-14,21,35-36H,15-16H2,(H,31,32,33). The molecule has 5 aromatic rings. The van der Waals surface area contributed by atoms with Crippen molar-refractivity contribution in [3.63, 3.8) is 0 Å². The maximum atomic E-state index is 14.8. The normalized spacial score (nSPS) is 11.3. The average molecular weight is 501 g/mol. The van der Waals surface area contributed by atoms with Crippen LogP contribution >= 0.6 is 0 Å². The number of aliphatic hydroxyl groups excluding tert-OH is 2. The van der Waals surface area contributed by atoms with Gasteiger partial charge in [-0.2, -0.15) is 4.98 Å². The number of halogens is 2. The number of benzene rings is 3. The molecular weight excluding hydrogens is 478 g/mol. The second-order valence-corrected chi connectivity index (χ2v) is 8.39. The SMILES string of the molecule is O=c1ccc2c(-c3cccc(-c4ccccc4)c3)nc(NC(CO)CO)nc2n1-c1ccc(F)cc1F. The number of aromatic nitrogens is 3. The molecule has 0 radical (unpaired) electrons. The quantitative estimate of drug-likeness (QED) is 0.310. The third-order valence-electron chi connectivity index (χ3n) is 5.92. The molecule has 0 aliphatic heterocycles. The summed E-state index contributed by atoms with van der Waals surface area (Å²) in [6.07, 6.45) is 0. The zero-order valence-corrected chi connectivity index (χ0v) is 19.5. The van der Waals surface area contributed by atoms with E-state index in [0.717, 1.165) is 21.8 Å². The van der Waals surface area contributed by atoms with Crippen molar-refractivity contribution in [2.75, 3.05) is 18.5 Å². The van der Waals surface area contributed by atoms with Crippen molar-refractivity contribution in [2.24, 2.45) is 0 Å². The van der Waals surface area contributed by atoms with Crippen molar-refractivity contribution in [3.8, 4) is 28.1 Å². The van der Waals surface area contributed by atoms with Gasteiger partial charge in [-0.05, 0) is 35.4 Å². The number of fused-ring (bicyclic) bond motifs is 1. The molecular formula is C28H22F2N4O3. The molecule has 0 amide bonds. The number of nitrogens with one attached hydrogen (secondary N) is 1.